The van der Waals surface area contributed by atoms with Crippen molar-refractivity contribution in [1.29, 1.82) is 0 Å². The van der Waals surface area contributed by atoms with Crippen LogP contribution in [0.3, 0.4) is 0 Å². The average Bonchev–Trinajstić information content (AvgIpc) is 2.47. The second-order valence-electron chi connectivity index (χ2n) is 4.71. The van der Waals surface area contributed by atoms with Crippen LogP contribution in [0.4, 0.5) is 0 Å². The fraction of sp³-hybridized carbons (Fsp3) is 0.118. The van der Waals surface area contributed by atoms with Gasteiger partial charge in [0, 0.05) is 10.9 Å². The molecule has 0 aliphatic carbocycles. The molecule has 0 atom stereocenters. The predicted octanol–water partition coefficient (Wildman–Crippen LogP) is 3.70. The van der Waals surface area contributed by atoms with E-state index in [4.69, 9.17) is 0 Å². The SMILES string of the molecule is Cc1ccc(-c2cc(CO)c3ccccc3n2)cc1. The maximum absolute atomic E-state index is 9.52. The molecular weight excluding hydrogens is 234 g/mol. The van der Waals surface area contributed by atoms with Crippen molar-refractivity contribution < 1.29 is 5.11 Å². The number of hydrogen-bond donors (Lipinski definition) is 1. The zero-order valence-corrected chi connectivity index (χ0v) is 10.8. The topological polar surface area (TPSA) is 33.1 Å². The third kappa shape index (κ3) is 2.23. The Morgan fingerprint density at radius 1 is 1.00 bits per heavy atom. The van der Waals surface area contributed by atoms with E-state index in [0.29, 0.717) is 0 Å². The van der Waals surface area contributed by atoms with E-state index in [0.717, 1.165) is 27.7 Å². The van der Waals surface area contributed by atoms with Crippen LogP contribution in [-0.4, -0.2) is 10.1 Å². The molecule has 2 nitrogen and oxygen atoms in total. The van der Waals surface area contributed by atoms with E-state index in [1.54, 1.807) is 0 Å². The van der Waals surface area contributed by atoms with Crippen molar-refractivity contribution in [2.75, 3.05) is 0 Å². The summed E-state index contributed by atoms with van der Waals surface area (Å²) in [4.78, 5) is 4.67. The normalized spacial score (nSPS) is 10.8. The predicted molar refractivity (Wildman–Crippen MR) is 77.8 cm³/mol. The summed E-state index contributed by atoms with van der Waals surface area (Å²) < 4.78 is 0. The van der Waals surface area contributed by atoms with Gasteiger partial charge in [0.1, 0.15) is 0 Å². The molecule has 1 N–H and O–H groups in total. The van der Waals surface area contributed by atoms with Crippen LogP contribution in [-0.2, 0) is 6.61 Å². The van der Waals surface area contributed by atoms with Crippen molar-refractivity contribution in [3.63, 3.8) is 0 Å². The maximum Gasteiger partial charge on any atom is 0.0713 e. The largest absolute Gasteiger partial charge is 0.392 e. The third-order valence-electron chi connectivity index (χ3n) is 3.32. The van der Waals surface area contributed by atoms with Crippen molar-refractivity contribution in [1.82, 2.24) is 4.98 Å². The molecule has 3 rings (SSSR count). The van der Waals surface area contributed by atoms with Gasteiger partial charge in [0.05, 0.1) is 17.8 Å². The summed E-state index contributed by atoms with van der Waals surface area (Å²) in [6.07, 6.45) is 0. The van der Waals surface area contributed by atoms with Crippen LogP contribution in [0, 0.1) is 6.92 Å². The average molecular weight is 249 g/mol. The number of aromatic nitrogens is 1. The summed E-state index contributed by atoms with van der Waals surface area (Å²) in [6.45, 7) is 2.10. The Hall–Kier alpha value is -2.19. The van der Waals surface area contributed by atoms with Crippen LogP contribution in [0.2, 0.25) is 0 Å². The molecule has 0 amide bonds. The van der Waals surface area contributed by atoms with Crippen LogP contribution in [0.25, 0.3) is 22.2 Å². The highest BCUT2D eigenvalue weighted by Gasteiger charge is 2.06. The van der Waals surface area contributed by atoms with E-state index in [-0.39, 0.29) is 6.61 Å². The number of aliphatic hydroxyl groups is 1. The number of aliphatic hydroxyl groups excluding tert-OH is 1. The van der Waals surface area contributed by atoms with Gasteiger partial charge in [0.15, 0.2) is 0 Å². The fourth-order valence-corrected chi connectivity index (χ4v) is 2.25. The molecule has 1 aromatic heterocycles. The van der Waals surface area contributed by atoms with Gasteiger partial charge in [-0.1, -0.05) is 48.0 Å². The van der Waals surface area contributed by atoms with Gasteiger partial charge in [0.2, 0.25) is 0 Å². The summed E-state index contributed by atoms with van der Waals surface area (Å²) in [5.74, 6) is 0. The van der Waals surface area contributed by atoms with Gasteiger partial charge in [-0.05, 0) is 24.6 Å². The van der Waals surface area contributed by atoms with Gasteiger partial charge in [-0.2, -0.15) is 0 Å². The first-order valence-electron chi connectivity index (χ1n) is 6.34. The molecule has 1 heterocycles. The maximum atomic E-state index is 9.52. The van der Waals surface area contributed by atoms with Gasteiger partial charge in [-0.25, -0.2) is 4.98 Å². The Balaban J connectivity index is 2.22. The highest BCUT2D eigenvalue weighted by Crippen LogP contribution is 2.25. The number of rotatable bonds is 2. The molecule has 2 heteroatoms. The Kier molecular flexibility index (Phi) is 3.02. The second kappa shape index (κ2) is 4.82. The van der Waals surface area contributed by atoms with Crippen molar-refractivity contribution in [2.24, 2.45) is 0 Å². The van der Waals surface area contributed by atoms with E-state index in [9.17, 15) is 5.11 Å². The number of hydrogen-bond acceptors (Lipinski definition) is 2. The van der Waals surface area contributed by atoms with Crippen LogP contribution < -0.4 is 0 Å². The Bertz CT molecular complexity index is 717. The van der Waals surface area contributed by atoms with Gasteiger partial charge in [-0.15, -0.1) is 0 Å². The van der Waals surface area contributed by atoms with Crippen molar-refractivity contribution in [3.8, 4) is 11.3 Å². The van der Waals surface area contributed by atoms with Crippen LogP contribution in [0.1, 0.15) is 11.1 Å². The zero-order valence-electron chi connectivity index (χ0n) is 10.8. The standard InChI is InChI=1S/C17H15NO/c1-12-6-8-13(9-7-12)17-10-14(11-19)15-4-2-3-5-16(15)18-17/h2-10,19H,11H2,1H3. The third-order valence-corrected chi connectivity index (χ3v) is 3.32. The lowest BCUT2D eigenvalue weighted by Crippen LogP contribution is -1.92. The minimum Gasteiger partial charge on any atom is -0.392 e. The molecule has 3 aromatic rings. The highest BCUT2D eigenvalue weighted by atomic mass is 16.3. The molecule has 2 aromatic carbocycles. The van der Waals surface area contributed by atoms with E-state index >= 15 is 0 Å². The summed E-state index contributed by atoms with van der Waals surface area (Å²) in [5.41, 5.74) is 5.05. The number of para-hydroxylation sites is 1. The first-order chi connectivity index (χ1) is 9.28. The molecule has 0 fully saturated rings. The minimum atomic E-state index is 0.0297. The van der Waals surface area contributed by atoms with E-state index in [1.807, 2.05) is 30.3 Å². The number of nitrogens with zero attached hydrogens (tertiary/aromatic N) is 1. The number of benzene rings is 2. The lowest BCUT2D eigenvalue weighted by Gasteiger charge is -2.08. The van der Waals surface area contributed by atoms with E-state index in [2.05, 4.69) is 36.2 Å². The first-order valence-corrected chi connectivity index (χ1v) is 6.34. The molecule has 0 radical (unpaired) electrons. The van der Waals surface area contributed by atoms with Crippen LogP contribution in [0.5, 0.6) is 0 Å². The molecular formula is C17H15NO. The van der Waals surface area contributed by atoms with Gasteiger partial charge < -0.3 is 5.11 Å². The Labute approximate surface area is 112 Å². The Morgan fingerprint density at radius 2 is 1.74 bits per heavy atom. The second-order valence-corrected chi connectivity index (χ2v) is 4.71. The number of fused-ring (bicyclic) bond motifs is 1. The summed E-state index contributed by atoms with van der Waals surface area (Å²) in [5, 5.41) is 10.5. The summed E-state index contributed by atoms with van der Waals surface area (Å²) >= 11 is 0. The first kappa shape index (κ1) is 11.9. The molecule has 0 saturated heterocycles. The van der Waals surface area contributed by atoms with Gasteiger partial charge in [-0.3, -0.25) is 0 Å². The molecule has 0 aliphatic rings. The van der Waals surface area contributed by atoms with Gasteiger partial charge in [0.25, 0.3) is 0 Å². The molecule has 19 heavy (non-hydrogen) atoms. The number of pyridine rings is 1. The van der Waals surface area contributed by atoms with Crippen molar-refractivity contribution in [2.45, 2.75) is 13.5 Å². The highest BCUT2D eigenvalue weighted by molar-refractivity contribution is 5.85. The lowest BCUT2D eigenvalue weighted by atomic mass is 10.0. The van der Waals surface area contributed by atoms with Crippen molar-refractivity contribution >= 4 is 10.9 Å². The molecule has 94 valence electrons. The zero-order chi connectivity index (χ0) is 13.2. The molecule has 0 saturated carbocycles. The lowest BCUT2D eigenvalue weighted by molar-refractivity contribution is 0.283. The van der Waals surface area contributed by atoms with Crippen LogP contribution >= 0.6 is 0 Å². The van der Waals surface area contributed by atoms with Gasteiger partial charge >= 0.3 is 0 Å². The number of aryl methyl sites for hydroxylation is 1. The van der Waals surface area contributed by atoms with Crippen LogP contribution in [0.15, 0.2) is 54.6 Å². The summed E-state index contributed by atoms with van der Waals surface area (Å²) in [6, 6.07) is 18.1. The molecule has 0 spiro atoms. The van der Waals surface area contributed by atoms with E-state index in [1.165, 1.54) is 5.56 Å². The molecule has 0 aliphatic heterocycles. The minimum absolute atomic E-state index is 0.0297. The summed E-state index contributed by atoms with van der Waals surface area (Å²) in [7, 11) is 0. The fourth-order valence-electron chi connectivity index (χ4n) is 2.25. The molecule has 0 unspecified atom stereocenters. The molecule has 0 bridgehead atoms. The van der Waals surface area contributed by atoms with Crippen molar-refractivity contribution in [3.05, 3.63) is 65.7 Å². The van der Waals surface area contributed by atoms with E-state index < -0.39 is 0 Å². The monoisotopic (exact) mass is 249 g/mol. The quantitative estimate of drug-likeness (QED) is 0.751. The smallest absolute Gasteiger partial charge is 0.0713 e. The Morgan fingerprint density at radius 3 is 2.47 bits per heavy atom.